The van der Waals surface area contributed by atoms with E-state index in [1.807, 2.05) is 0 Å². The van der Waals surface area contributed by atoms with Gasteiger partial charge in [0, 0.05) is 25.8 Å². The molecule has 12 nitrogen and oxygen atoms in total. The van der Waals surface area contributed by atoms with E-state index in [4.69, 9.17) is 15.9 Å². The number of hydrogen-bond acceptors (Lipinski definition) is 8. The van der Waals surface area contributed by atoms with Crippen molar-refractivity contribution in [3.63, 3.8) is 0 Å². The Labute approximate surface area is 165 Å². The highest BCUT2D eigenvalue weighted by molar-refractivity contribution is 8.00. The number of nitrogens with zero attached hydrogens (tertiary/aromatic N) is 1. The highest BCUT2D eigenvalue weighted by atomic mass is 32.2. The Balaban J connectivity index is 4.88. The summed E-state index contributed by atoms with van der Waals surface area (Å²) >= 11 is 0.868. The van der Waals surface area contributed by atoms with Crippen LogP contribution in [-0.2, 0) is 24.0 Å². The minimum absolute atomic E-state index is 0.168. The average molecular weight is 420 g/mol. The fourth-order valence-corrected chi connectivity index (χ4v) is 2.67. The number of carbonyl (C=O) groups excluding carboxylic acids is 4. The van der Waals surface area contributed by atoms with E-state index in [-0.39, 0.29) is 30.9 Å². The summed E-state index contributed by atoms with van der Waals surface area (Å²) in [7, 11) is 0.995. The van der Waals surface area contributed by atoms with Crippen molar-refractivity contribution in [2.45, 2.75) is 31.8 Å². The zero-order valence-electron chi connectivity index (χ0n) is 15.5. The Morgan fingerprint density at radius 3 is 2.25 bits per heavy atom. The van der Waals surface area contributed by atoms with Crippen LogP contribution in [0.15, 0.2) is 0 Å². The number of thioether (sulfide) groups is 1. The molecule has 0 saturated heterocycles. The van der Waals surface area contributed by atoms with E-state index >= 15 is 0 Å². The number of carboxylic acid groups (broad SMARTS) is 2. The minimum atomic E-state index is -1.54. The molecular formula is C15H24N4O8S. The molecule has 0 aliphatic rings. The molecule has 4 amide bonds. The van der Waals surface area contributed by atoms with Crippen molar-refractivity contribution in [1.29, 1.82) is 0 Å². The first-order valence-electron chi connectivity index (χ1n) is 8.18. The van der Waals surface area contributed by atoms with Crippen molar-refractivity contribution in [3.8, 4) is 0 Å². The van der Waals surface area contributed by atoms with E-state index in [1.165, 1.54) is 0 Å². The number of likely N-dealkylation sites (N-methyl/N-ethyl adjacent to an activating group) is 2. The molecule has 0 aromatic heterocycles. The van der Waals surface area contributed by atoms with E-state index in [1.54, 1.807) is 6.92 Å². The monoisotopic (exact) mass is 420 g/mol. The SMILES string of the molecule is CCNC(=O)C(=O)CSCC(NC(=O)CCC(N)C(=O)O)C(=O)N(C)C(=O)O. The summed E-state index contributed by atoms with van der Waals surface area (Å²) in [5, 5.41) is 22.2. The van der Waals surface area contributed by atoms with Gasteiger partial charge in [0.05, 0.1) is 5.75 Å². The maximum Gasteiger partial charge on any atom is 0.413 e. The fraction of sp³-hybridized carbons (Fsp3) is 0.600. The van der Waals surface area contributed by atoms with Crippen LogP contribution in [0.5, 0.6) is 0 Å². The summed E-state index contributed by atoms with van der Waals surface area (Å²) in [4.78, 5) is 69.1. The van der Waals surface area contributed by atoms with Gasteiger partial charge in [-0.05, 0) is 13.3 Å². The Kier molecular flexibility index (Phi) is 11.5. The molecule has 6 N–H and O–H groups in total. The van der Waals surface area contributed by atoms with E-state index < -0.39 is 47.7 Å². The number of aliphatic carboxylic acids is 1. The normalized spacial score (nSPS) is 12.4. The van der Waals surface area contributed by atoms with Crippen LogP contribution < -0.4 is 16.4 Å². The second-order valence-electron chi connectivity index (χ2n) is 5.58. The van der Waals surface area contributed by atoms with Gasteiger partial charge in [-0.15, -0.1) is 0 Å². The van der Waals surface area contributed by atoms with Gasteiger partial charge in [0.2, 0.25) is 11.7 Å². The lowest BCUT2D eigenvalue weighted by Crippen LogP contribution is -2.50. The predicted octanol–water partition coefficient (Wildman–Crippen LogP) is -1.76. The number of carbonyl (C=O) groups is 6. The van der Waals surface area contributed by atoms with Crippen LogP contribution >= 0.6 is 11.8 Å². The lowest BCUT2D eigenvalue weighted by Gasteiger charge is -2.21. The largest absolute Gasteiger partial charge is 0.480 e. The molecule has 0 aliphatic heterocycles. The van der Waals surface area contributed by atoms with Crippen molar-refractivity contribution in [3.05, 3.63) is 0 Å². The zero-order valence-corrected chi connectivity index (χ0v) is 16.3. The number of nitrogens with two attached hydrogens (primary N) is 1. The van der Waals surface area contributed by atoms with Crippen LogP contribution in [0.25, 0.3) is 0 Å². The van der Waals surface area contributed by atoms with Crippen molar-refractivity contribution >= 4 is 47.3 Å². The third kappa shape index (κ3) is 9.32. The molecule has 0 aromatic carbocycles. The van der Waals surface area contributed by atoms with Gasteiger partial charge in [0.15, 0.2) is 0 Å². The predicted molar refractivity (Wildman–Crippen MR) is 98.6 cm³/mol. The number of hydrogen-bond donors (Lipinski definition) is 5. The number of imide groups is 1. The van der Waals surface area contributed by atoms with Crippen LogP contribution in [-0.4, -0.2) is 87.9 Å². The van der Waals surface area contributed by atoms with Crippen LogP contribution in [0.2, 0.25) is 0 Å². The Morgan fingerprint density at radius 1 is 1.14 bits per heavy atom. The zero-order chi connectivity index (χ0) is 21.9. The highest BCUT2D eigenvalue weighted by Gasteiger charge is 2.28. The molecule has 0 rings (SSSR count). The summed E-state index contributed by atoms with van der Waals surface area (Å²) in [6, 6.07) is -2.55. The third-order valence-corrected chi connectivity index (χ3v) is 4.39. The van der Waals surface area contributed by atoms with Gasteiger partial charge in [-0.3, -0.25) is 24.0 Å². The van der Waals surface area contributed by atoms with Gasteiger partial charge >= 0.3 is 12.1 Å². The molecule has 0 saturated carbocycles. The molecule has 158 valence electrons. The maximum atomic E-state index is 12.2. The van der Waals surface area contributed by atoms with Crippen LogP contribution in [0.4, 0.5) is 4.79 Å². The number of Topliss-reactive ketones (excluding diaryl/α,β-unsaturated/α-hetero) is 1. The molecule has 0 aromatic rings. The standard InChI is InChI=1S/C15H24N4O8S/c1-3-17-12(22)10(20)7-28-6-9(13(23)19(2)15(26)27)18-11(21)5-4-8(16)14(24)25/h8-9H,3-7,16H2,1-2H3,(H,17,22)(H,18,21)(H,24,25)(H,26,27). The Hall–Kier alpha value is -2.67. The second-order valence-corrected chi connectivity index (χ2v) is 6.61. The summed E-state index contributed by atoms with van der Waals surface area (Å²) in [6.07, 6.45) is -2.02. The molecular weight excluding hydrogens is 396 g/mol. The molecule has 0 fully saturated rings. The summed E-state index contributed by atoms with van der Waals surface area (Å²) in [5.74, 6) is -4.89. The maximum absolute atomic E-state index is 12.2. The highest BCUT2D eigenvalue weighted by Crippen LogP contribution is 2.07. The lowest BCUT2D eigenvalue weighted by molar-refractivity contribution is -0.139. The number of rotatable bonds is 12. The van der Waals surface area contributed by atoms with Crippen LogP contribution in [0, 0.1) is 0 Å². The van der Waals surface area contributed by atoms with Crippen LogP contribution in [0.1, 0.15) is 19.8 Å². The van der Waals surface area contributed by atoms with E-state index in [0.29, 0.717) is 4.90 Å². The van der Waals surface area contributed by atoms with Gasteiger partial charge in [0.25, 0.3) is 11.8 Å². The topological polar surface area (TPSA) is 196 Å². The average Bonchev–Trinajstić information content (AvgIpc) is 2.63. The molecule has 28 heavy (non-hydrogen) atoms. The summed E-state index contributed by atoms with van der Waals surface area (Å²) in [6.45, 7) is 1.91. The van der Waals surface area contributed by atoms with Gasteiger partial charge in [-0.1, -0.05) is 0 Å². The van der Waals surface area contributed by atoms with E-state index in [9.17, 15) is 28.8 Å². The molecule has 2 unspecified atom stereocenters. The first kappa shape index (κ1) is 25.3. The van der Waals surface area contributed by atoms with Crippen molar-refractivity contribution in [2.75, 3.05) is 25.1 Å². The molecule has 0 spiro atoms. The minimum Gasteiger partial charge on any atom is -0.480 e. The summed E-state index contributed by atoms with van der Waals surface area (Å²) < 4.78 is 0. The quantitative estimate of drug-likeness (QED) is 0.225. The number of amides is 4. The molecule has 13 heteroatoms. The number of carboxylic acids is 1. The Bertz CT molecular complexity index is 627. The van der Waals surface area contributed by atoms with Gasteiger partial charge in [-0.25, -0.2) is 9.69 Å². The molecule has 0 bridgehead atoms. The van der Waals surface area contributed by atoms with Gasteiger partial charge in [0.1, 0.15) is 12.1 Å². The fourth-order valence-electron chi connectivity index (χ4n) is 1.77. The van der Waals surface area contributed by atoms with Crippen molar-refractivity contribution in [1.82, 2.24) is 15.5 Å². The summed E-state index contributed by atoms with van der Waals surface area (Å²) in [5.41, 5.74) is 5.30. The second kappa shape index (κ2) is 12.7. The molecule has 0 aliphatic carbocycles. The first-order valence-corrected chi connectivity index (χ1v) is 9.33. The van der Waals surface area contributed by atoms with Crippen LogP contribution in [0.3, 0.4) is 0 Å². The number of ketones is 1. The van der Waals surface area contributed by atoms with Crippen molar-refractivity contribution < 1.29 is 39.0 Å². The third-order valence-electron chi connectivity index (χ3n) is 3.36. The first-order chi connectivity index (χ1) is 13.0. The lowest BCUT2D eigenvalue weighted by atomic mass is 10.1. The number of nitrogens with one attached hydrogen (secondary N) is 2. The van der Waals surface area contributed by atoms with Crippen molar-refractivity contribution in [2.24, 2.45) is 5.73 Å². The van der Waals surface area contributed by atoms with Gasteiger partial charge < -0.3 is 26.6 Å². The van der Waals surface area contributed by atoms with E-state index in [2.05, 4.69) is 10.6 Å². The smallest absolute Gasteiger partial charge is 0.413 e. The molecule has 2 atom stereocenters. The molecule has 0 heterocycles. The van der Waals surface area contributed by atoms with E-state index in [0.717, 1.165) is 18.8 Å². The Morgan fingerprint density at radius 2 is 1.75 bits per heavy atom. The molecule has 0 radical (unpaired) electrons. The van der Waals surface area contributed by atoms with Gasteiger partial charge in [-0.2, -0.15) is 11.8 Å².